The summed E-state index contributed by atoms with van der Waals surface area (Å²) in [5, 5.41) is 0. The Labute approximate surface area is 169 Å². The minimum atomic E-state index is -3.42. The molecule has 0 atom stereocenters. The highest BCUT2D eigenvalue weighted by atomic mass is 32.2. The summed E-state index contributed by atoms with van der Waals surface area (Å²) in [5.74, 6) is 0.00925. The van der Waals surface area contributed by atoms with Gasteiger partial charge in [-0.2, -0.15) is 0 Å². The van der Waals surface area contributed by atoms with Crippen molar-refractivity contribution in [1.29, 1.82) is 0 Å². The van der Waals surface area contributed by atoms with E-state index in [1.807, 2.05) is 63.2 Å². The third-order valence-electron chi connectivity index (χ3n) is 4.96. The van der Waals surface area contributed by atoms with E-state index in [-0.39, 0.29) is 12.5 Å². The van der Waals surface area contributed by atoms with Crippen molar-refractivity contribution < 1.29 is 13.2 Å². The largest absolute Gasteiger partial charge is 0.341 e. The van der Waals surface area contributed by atoms with Gasteiger partial charge in [0.15, 0.2) is 0 Å². The van der Waals surface area contributed by atoms with E-state index in [9.17, 15) is 13.2 Å². The molecule has 0 aliphatic carbocycles. The molecule has 0 N–H and O–H groups in total. The first-order valence-corrected chi connectivity index (χ1v) is 11.3. The topological polar surface area (TPSA) is 57.7 Å². The molecule has 0 unspecified atom stereocenters. The molecule has 6 heteroatoms. The normalized spacial score (nSPS) is 11.3. The Hall–Kier alpha value is -2.34. The molecule has 0 fully saturated rings. The van der Waals surface area contributed by atoms with Crippen LogP contribution >= 0.6 is 0 Å². The van der Waals surface area contributed by atoms with Gasteiger partial charge in [-0.25, -0.2) is 8.42 Å². The van der Waals surface area contributed by atoms with Crippen LogP contribution in [0.5, 0.6) is 0 Å². The fraction of sp³-hybridized carbons (Fsp3) is 0.409. The van der Waals surface area contributed by atoms with E-state index in [1.165, 1.54) is 16.1 Å². The molecule has 0 aliphatic rings. The lowest BCUT2D eigenvalue weighted by Gasteiger charge is -2.25. The van der Waals surface area contributed by atoms with Crippen LogP contribution in [0.3, 0.4) is 0 Å². The van der Waals surface area contributed by atoms with Gasteiger partial charge in [0.2, 0.25) is 15.9 Å². The van der Waals surface area contributed by atoms with Crippen LogP contribution in [0, 0.1) is 20.8 Å². The van der Waals surface area contributed by atoms with Crippen molar-refractivity contribution in [2.75, 3.05) is 24.2 Å². The van der Waals surface area contributed by atoms with Gasteiger partial charge in [-0.15, -0.1) is 0 Å². The van der Waals surface area contributed by atoms with Crippen molar-refractivity contribution in [2.45, 2.75) is 40.2 Å². The van der Waals surface area contributed by atoms with Crippen LogP contribution in [0.2, 0.25) is 0 Å². The molecule has 2 aromatic carbocycles. The number of carbonyl (C=O) groups excluding carboxylic acids is 1. The van der Waals surface area contributed by atoms with Gasteiger partial charge in [-0.1, -0.05) is 42.0 Å². The zero-order valence-electron chi connectivity index (χ0n) is 17.4. The van der Waals surface area contributed by atoms with Crippen LogP contribution in [0.25, 0.3) is 0 Å². The number of benzene rings is 2. The van der Waals surface area contributed by atoms with Crippen molar-refractivity contribution in [3.05, 3.63) is 64.7 Å². The maximum Gasteiger partial charge on any atom is 0.232 e. The van der Waals surface area contributed by atoms with Gasteiger partial charge in [0, 0.05) is 26.6 Å². The maximum absolute atomic E-state index is 12.5. The molecule has 0 aromatic heterocycles. The number of nitrogens with zero attached hydrogens (tertiary/aromatic N) is 2. The smallest absolute Gasteiger partial charge is 0.232 e. The molecule has 0 saturated heterocycles. The number of rotatable bonds is 8. The molecule has 0 bridgehead atoms. The Kier molecular flexibility index (Phi) is 7.24. The number of carbonyl (C=O) groups is 1. The second-order valence-corrected chi connectivity index (χ2v) is 9.30. The average Bonchev–Trinajstić information content (AvgIpc) is 2.62. The van der Waals surface area contributed by atoms with Crippen LogP contribution in [-0.2, 0) is 21.4 Å². The summed E-state index contributed by atoms with van der Waals surface area (Å²) in [7, 11) is -1.64. The summed E-state index contributed by atoms with van der Waals surface area (Å²) >= 11 is 0. The Bertz CT molecular complexity index is 921. The van der Waals surface area contributed by atoms with Gasteiger partial charge in [-0.3, -0.25) is 9.10 Å². The van der Waals surface area contributed by atoms with Gasteiger partial charge in [0.1, 0.15) is 0 Å². The average molecular weight is 403 g/mol. The van der Waals surface area contributed by atoms with E-state index >= 15 is 0 Å². The second kappa shape index (κ2) is 9.24. The minimum absolute atomic E-state index is 0.00925. The van der Waals surface area contributed by atoms with E-state index in [1.54, 1.807) is 11.9 Å². The monoisotopic (exact) mass is 402 g/mol. The van der Waals surface area contributed by atoms with Crippen molar-refractivity contribution in [1.82, 2.24) is 4.90 Å². The molecule has 0 saturated carbocycles. The first kappa shape index (κ1) is 22.0. The number of sulfonamides is 1. The van der Waals surface area contributed by atoms with Gasteiger partial charge in [-0.05, 0) is 49.9 Å². The molecule has 0 aliphatic heterocycles. The summed E-state index contributed by atoms with van der Waals surface area (Å²) in [5.41, 5.74) is 4.93. The van der Waals surface area contributed by atoms with Crippen molar-refractivity contribution >= 4 is 21.6 Å². The maximum atomic E-state index is 12.5. The Morgan fingerprint density at radius 3 is 2.25 bits per heavy atom. The first-order chi connectivity index (χ1) is 13.1. The quantitative estimate of drug-likeness (QED) is 0.674. The lowest BCUT2D eigenvalue weighted by molar-refractivity contribution is -0.130. The van der Waals surface area contributed by atoms with Gasteiger partial charge in [0.05, 0.1) is 11.9 Å². The van der Waals surface area contributed by atoms with Crippen molar-refractivity contribution in [2.24, 2.45) is 0 Å². The fourth-order valence-corrected chi connectivity index (χ4v) is 4.11. The van der Waals surface area contributed by atoms with Crippen LogP contribution in [0.4, 0.5) is 5.69 Å². The molecule has 1 amide bonds. The molecular formula is C22H30N2O3S. The van der Waals surface area contributed by atoms with E-state index in [0.717, 1.165) is 16.7 Å². The molecule has 28 heavy (non-hydrogen) atoms. The number of anilines is 1. The van der Waals surface area contributed by atoms with Crippen LogP contribution < -0.4 is 4.31 Å². The number of aryl methyl sites for hydroxylation is 2. The number of hydrogen-bond acceptors (Lipinski definition) is 3. The highest BCUT2D eigenvalue weighted by molar-refractivity contribution is 7.92. The van der Waals surface area contributed by atoms with Gasteiger partial charge >= 0.3 is 0 Å². The molecule has 0 heterocycles. The summed E-state index contributed by atoms with van der Waals surface area (Å²) < 4.78 is 26.0. The van der Waals surface area contributed by atoms with Crippen LogP contribution in [0.15, 0.2) is 42.5 Å². The Morgan fingerprint density at radius 2 is 1.64 bits per heavy atom. The van der Waals surface area contributed by atoms with Gasteiger partial charge < -0.3 is 4.90 Å². The molecule has 5 nitrogen and oxygen atoms in total. The molecule has 0 spiro atoms. The SMILES string of the molecule is Cc1ccc(CN(C)C(=O)CCCN(c2cccc(C)c2C)S(C)(=O)=O)cc1. The molecule has 152 valence electrons. The highest BCUT2D eigenvalue weighted by Crippen LogP contribution is 2.25. The highest BCUT2D eigenvalue weighted by Gasteiger charge is 2.20. The second-order valence-electron chi connectivity index (χ2n) is 7.39. The van der Waals surface area contributed by atoms with Crippen LogP contribution in [-0.4, -0.2) is 39.1 Å². The summed E-state index contributed by atoms with van der Waals surface area (Å²) in [4.78, 5) is 14.1. The van der Waals surface area contributed by atoms with Gasteiger partial charge in [0.25, 0.3) is 0 Å². The molecule has 2 aromatic rings. The van der Waals surface area contributed by atoms with E-state index in [4.69, 9.17) is 0 Å². The standard InChI is InChI=1S/C22H30N2O3S/c1-17-11-13-20(14-12-17)16-23(4)22(25)10-7-15-24(28(5,26)27)21-9-6-8-18(2)19(21)3/h6,8-9,11-14H,7,10,15-16H2,1-5H3. The summed E-state index contributed by atoms with van der Waals surface area (Å²) in [6.45, 7) is 6.74. The van der Waals surface area contributed by atoms with Crippen LogP contribution in [0.1, 0.15) is 35.1 Å². The predicted molar refractivity (Wildman–Crippen MR) is 115 cm³/mol. The molecular weight excluding hydrogens is 372 g/mol. The molecule has 0 radical (unpaired) electrons. The number of hydrogen-bond donors (Lipinski definition) is 0. The van der Waals surface area contributed by atoms with Crippen molar-refractivity contribution in [3.8, 4) is 0 Å². The summed E-state index contributed by atoms with van der Waals surface area (Å²) in [6.07, 6.45) is 1.98. The zero-order chi connectivity index (χ0) is 20.9. The minimum Gasteiger partial charge on any atom is -0.341 e. The fourth-order valence-electron chi connectivity index (χ4n) is 3.09. The van der Waals surface area contributed by atoms with E-state index in [0.29, 0.717) is 25.1 Å². The third kappa shape index (κ3) is 5.83. The van der Waals surface area contributed by atoms with E-state index in [2.05, 4.69) is 0 Å². The van der Waals surface area contributed by atoms with Crippen molar-refractivity contribution in [3.63, 3.8) is 0 Å². The lowest BCUT2D eigenvalue weighted by Crippen LogP contribution is -2.33. The first-order valence-electron chi connectivity index (χ1n) is 9.43. The molecule has 2 rings (SSSR count). The predicted octanol–water partition coefficient (Wildman–Crippen LogP) is 3.82. The van der Waals surface area contributed by atoms with E-state index < -0.39 is 10.0 Å². The third-order valence-corrected chi connectivity index (χ3v) is 6.14. The number of amides is 1. The zero-order valence-corrected chi connectivity index (χ0v) is 18.2. The summed E-state index contributed by atoms with van der Waals surface area (Å²) in [6, 6.07) is 13.7. The lowest BCUT2D eigenvalue weighted by atomic mass is 10.1. The Balaban J connectivity index is 1.99. The Morgan fingerprint density at radius 1 is 1.00 bits per heavy atom.